The van der Waals surface area contributed by atoms with Crippen LogP contribution in [0.1, 0.15) is 24.3 Å². The molecule has 1 saturated heterocycles. The number of benzene rings is 1. The summed E-state index contributed by atoms with van der Waals surface area (Å²) in [7, 11) is 0. The summed E-state index contributed by atoms with van der Waals surface area (Å²) in [5.74, 6) is 0.742. The third-order valence-electron chi connectivity index (χ3n) is 3.81. The van der Waals surface area contributed by atoms with Crippen molar-refractivity contribution in [3.05, 3.63) is 60.1 Å². The first kappa shape index (κ1) is 14.7. The summed E-state index contributed by atoms with van der Waals surface area (Å²) in [4.78, 5) is 14.4. The summed E-state index contributed by atoms with van der Waals surface area (Å²) >= 11 is 0. The van der Waals surface area contributed by atoms with Gasteiger partial charge in [-0.1, -0.05) is 30.3 Å². The minimum absolute atomic E-state index is 0.0364. The molecule has 0 bridgehead atoms. The molecule has 1 aromatic heterocycles. The van der Waals surface area contributed by atoms with Crippen LogP contribution < -0.4 is 5.32 Å². The molecule has 1 aliphatic heterocycles. The Morgan fingerprint density at radius 1 is 1.27 bits per heavy atom. The molecule has 0 unspecified atom stereocenters. The first-order chi connectivity index (χ1) is 10.7. The van der Waals surface area contributed by atoms with Crippen LogP contribution >= 0.6 is 0 Å². The monoisotopic (exact) mass is 300 g/mol. The lowest BCUT2D eigenvalue weighted by Crippen LogP contribution is -2.50. The molecule has 1 fully saturated rings. The van der Waals surface area contributed by atoms with Gasteiger partial charge in [-0.05, 0) is 24.6 Å². The number of rotatable bonds is 3. The van der Waals surface area contributed by atoms with E-state index in [2.05, 4.69) is 5.32 Å². The summed E-state index contributed by atoms with van der Waals surface area (Å²) < 4.78 is 11.0. The summed E-state index contributed by atoms with van der Waals surface area (Å²) in [5, 5.41) is 2.91. The first-order valence-corrected chi connectivity index (χ1v) is 7.47. The van der Waals surface area contributed by atoms with E-state index in [4.69, 9.17) is 9.15 Å². The predicted molar refractivity (Wildman–Crippen MR) is 82.2 cm³/mol. The minimum atomic E-state index is -0.0968. The molecule has 116 valence electrons. The van der Waals surface area contributed by atoms with Crippen LogP contribution in [0.2, 0.25) is 0 Å². The van der Waals surface area contributed by atoms with E-state index < -0.39 is 0 Å². The van der Waals surface area contributed by atoms with Crippen LogP contribution in [0.3, 0.4) is 0 Å². The fourth-order valence-corrected chi connectivity index (χ4v) is 2.66. The number of carbonyl (C=O) groups excluding carboxylic acids is 1. The van der Waals surface area contributed by atoms with E-state index in [-0.39, 0.29) is 18.2 Å². The molecule has 0 spiro atoms. The second-order valence-corrected chi connectivity index (χ2v) is 5.46. The Hall–Kier alpha value is -2.27. The van der Waals surface area contributed by atoms with E-state index in [9.17, 15) is 4.79 Å². The van der Waals surface area contributed by atoms with Crippen molar-refractivity contribution in [2.24, 2.45) is 0 Å². The number of urea groups is 1. The van der Waals surface area contributed by atoms with Gasteiger partial charge in [0.05, 0.1) is 31.6 Å². The van der Waals surface area contributed by atoms with Crippen molar-refractivity contribution in [2.75, 3.05) is 13.2 Å². The molecule has 2 heterocycles. The zero-order valence-electron chi connectivity index (χ0n) is 12.6. The molecule has 0 saturated carbocycles. The topological polar surface area (TPSA) is 54.7 Å². The lowest BCUT2D eigenvalue weighted by Gasteiger charge is -2.38. The minimum Gasteiger partial charge on any atom is -0.467 e. The highest BCUT2D eigenvalue weighted by atomic mass is 16.5. The molecule has 0 aliphatic carbocycles. The Bertz CT molecular complexity index is 598. The van der Waals surface area contributed by atoms with Gasteiger partial charge in [0.25, 0.3) is 0 Å². The van der Waals surface area contributed by atoms with Crippen molar-refractivity contribution in [1.29, 1.82) is 0 Å². The van der Waals surface area contributed by atoms with Crippen molar-refractivity contribution in [2.45, 2.75) is 25.6 Å². The number of hydrogen-bond donors (Lipinski definition) is 1. The Balaban J connectivity index is 1.70. The largest absolute Gasteiger partial charge is 0.467 e. The molecule has 5 heteroatoms. The second-order valence-electron chi connectivity index (χ2n) is 5.46. The molecule has 3 rings (SSSR count). The number of morpholine rings is 1. The van der Waals surface area contributed by atoms with Crippen molar-refractivity contribution in [3.8, 4) is 0 Å². The average Bonchev–Trinajstić information content (AvgIpc) is 3.07. The molecule has 1 aliphatic rings. The third-order valence-corrected chi connectivity index (χ3v) is 3.81. The molecule has 1 N–H and O–H groups in total. The highest BCUT2D eigenvalue weighted by Crippen LogP contribution is 2.26. The Labute approximate surface area is 129 Å². The van der Waals surface area contributed by atoms with E-state index in [1.54, 1.807) is 6.26 Å². The fraction of sp³-hybridized carbons (Fsp3) is 0.353. The normalized spacial score (nSPS) is 21.6. The molecule has 1 aromatic carbocycles. The van der Waals surface area contributed by atoms with Gasteiger partial charge in [0.2, 0.25) is 0 Å². The average molecular weight is 300 g/mol. The Morgan fingerprint density at radius 2 is 2.09 bits per heavy atom. The van der Waals surface area contributed by atoms with E-state index in [1.807, 2.05) is 54.3 Å². The van der Waals surface area contributed by atoms with Gasteiger partial charge in [0.15, 0.2) is 0 Å². The number of carbonyl (C=O) groups is 1. The Morgan fingerprint density at radius 3 is 2.82 bits per heavy atom. The van der Waals surface area contributed by atoms with Gasteiger partial charge in [-0.2, -0.15) is 0 Å². The van der Waals surface area contributed by atoms with Crippen LogP contribution in [0.25, 0.3) is 0 Å². The first-order valence-electron chi connectivity index (χ1n) is 7.47. The second kappa shape index (κ2) is 6.66. The predicted octanol–water partition coefficient (Wildman–Crippen LogP) is 2.95. The number of furan rings is 1. The lowest BCUT2D eigenvalue weighted by atomic mass is 10.0. The van der Waals surface area contributed by atoms with Crippen LogP contribution in [-0.2, 0) is 11.3 Å². The van der Waals surface area contributed by atoms with Crippen molar-refractivity contribution >= 4 is 6.03 Å². The summed E-state index contributed by atoms with van der Waals surface area (Å²) in [6.07, 6.45) is 1.64. The Kier molecular flexibility index (Phi) is 4.44. The molecule has 0 radical (unpaired) electrons. The standard InChI is InChI=1S/C17H20N2O3/c1-13-11-19(17(20)18-10-15-8-5-9-21-15)16(12-22-13)14-6-3-2-4-7-14/h2-9,13,16H,10-12H2,1H3,(H,18,20)/t13-,16-/m0/s1. The van der Waals surface area contributed by atoms with Crippen molar-refractivity contribution < 1.29 is 13.9 Å². The van der Waals surface area contributed by atoms with Crippen molar-refractivity contribution in [1.82, 2.24) is 10.2 Å². The van der Waals surface area contributed by atoms with Gasteiger partial charge in [-0.25, -0.2) is 4.79 Å². The van der Waals surface area contributed by atoms with Crippen LogP contribution in [0.4, 0.5) is 4.79 Å². The maximum Gasteiger partial charge on any atom is 0.318 e. The maximum atomic E-state index is 12.5. The zero-order chi connectivity index (χ0) is 15.4. The maximum absolute atomic E-state index is 12.5. The third kappa shape index (κ3) is 3.31. The van der Waals surface area contributed by atoms with Crippen LogP contribution in [0, 0.1) is 0 Å². The highest BCUT2D eigenvalue weighted by Gasteiger charge is 2.31. The van der Waals surface area contributed by atoms with Gasteiger partial charge in [-0.3, -0.25) is 0 Å². The fourth-order valence-electron chi connectivity index (χ4n) is 2.66. The van der Waals surface area contributed by atoms with Gasteiger partial charge >= 0.3 is 6.03 Å². The van der Waals surface area contributed by atoms with Crippen LogP contribution in [0.15, 0.2) is 53.1 Å². The zero-order valence-corrected chi connectivity index (χ0v) is 12.6. The van der Waals surface area contributed by atoms with E-state index in [0.717, 1.165) is 11.3 Å². The van der Waals surface area contributed by atoms with Gasteiger partial charge < -0.3 is 19.4 Å². The summed E-state index contributed by atoms with van der Waals surface area (Å²) in [6, 6.07) is 13.5. The summed E-state index contributed by atoms with van der Waals surface area (Å²) in [6.45, 7) is 3.45. The molecular weight excluding hydrogens is 280 g/mol. The lowest BCUT2D eigenvalue weighted by molar-refractivity contribution is -0.0382. The van der Waals surface area contributed by atoms with Crippen molar-refractivity contribution in [3.63, 3.8) is 0 Å². The number of nitrogens with zero attached hydrogens (tertiary/aromatic N) is 1. The van der Waals surface area contributed by atoms with E-state index >= 15 is 0 Å². The molecule has 5 nitrogen and oxygen atoms in total. The van der Waals surface area contributed by atoms with Gasteiger partial charge in [-0.15, -0.1) is 0 Å². The van der Waals surface area contributed by atoms with Gasteiger partial charge in [0.1, 0.15) is 5.76 Å². The number of hydrogen-bond acceptors (Lipinski definition) is 3. The van der Waals surface area contributed by atoms with Gasteiger partial charge in [0, 0.05) is 6.54 Å². The number of amides is 2. The molecule has 22 heavy (non-hydrogen) atoms. The SMILES string of the molecule is C[C@H]1CN(C(=O)NCc2ccco2)[C@H](c2ccccc2)CO1. The van der Waals surface area contributed by atoms with Crippen LogP contribution in [-0.4, -0.2) is 30.2 Å². The molecule has 2 atom stereocenters. The molecular formula is C17H20N2O3. The number of nitrogens with one attached hydrogen (secondary N) is 1. The van der Waals surface area contributed by atoms with E-state index in [1.165, 1.54) is 0 Å². The smallest absolute Gasteiger partial charge is 0.318 e. The highest BCUT2D eigenvalue weighted by molar-refractivity contribution is 5.75. The summed E-state index contributed by atoms with van der Waals surface area (Å²) in [5.41, 5.74) is 1.09. The van der Waals surface area contributed by atoms with Crippen LogP contribution in [0.5, 0.6) is 0 Å². The molecule has 2 amide bonds. The molecule has 2 aromatic rings. The number of ether oxygens (including phenoxy) is 1. The quantitative estimate of drug-likeness (QED) is 0.948. The van der Waals surface area contributed by atoms with E-state index in [0.29, 0.717) is 19.7 Å².